The first-order valence-corrected chi connectivity index (χ1v) is 5.77. The van der Waals surface area contributed by atoms with Crippen molar-refractivity contribution in [2.75, 3.05) is 13.6 Å². The molecule has 0 radical (unpaired) electrons. The molecule has 0 fully saturated rings. The molecule has 1 atom stereocenters. The monoisotopic (exact) mass is 230 g/mol. The fourth-order valence-electron chi connectivity index (χ4n) is 2.03. The maximum Gasteiger partial charge on any atom is 0.0947 e. The van der Waals surface area contributed by atoms with Gasteiger partial charge in [0.15, 0.2) is 0 Å². The Labute approximate surface area is 102 Å². The number of hydrogen-bond donors (Lipinski definition) is 1. The van der Waals surface area contributed by atoms with E-state index in [0.29, 0.717) is 6.54 Å². The summed E-state index contributed by atoms with van der Waals surface area (Å²) in [5.74, 6) is 0. The number of nitrogens with two attached hydrogens (primary N) is 1. The Kier molecular flexibility index (Phi) is 3.96. The van der Waals surface area contributed by atoms with Gasteiger partial charge in [-0.25, -0.2) is 0 Å². The third-order valence-electron chi connectivity index (χ3n) is 2.95. The molecule has 0 spiro atoms. The molecule has 1 heterocycles. The normalized spacial score (nSPS) is 12.9. The first-order valence-electron chi connectivity index (χ1n) is 5.77. The summed E-state index contributed by atoms with van der Waals surface area (Å²) in [6.45, 7) is 1.45. The minimum absolute atomic E-state index is 0.242. The predicted octanol–water partition coefficient (Wildman–Crippen LogP) is 2.41. The van der Waals surface area contributed by atoms with E-state index in [2.05, 4.69) is 24.1 Å². The van der Waals surface area contributed by atoms with Crippen LogP contribution in [0, 0.1) is 0 Å². The van der Waals surface area contributed by atoms with Gasteiger partial charge in [0.25, 0.3) is 0 Å². The molecule has 3 nitrogen and oxygen atoms in total. The molecule has 3 heteroatoms. The Bertz CT molecular complexity index is 425. The van der Waals surface area contributed by atoms with Crippen molar-refractivity contribution in [2.45, 2.75) is 12.6 Å². The summed E-state index contributed by atoms with van der Waals surface area (Å²) in [5.41, 5.74) is 8.29. The van der Waals surface area contributed by atoms with Crippen LogP contribution >= 0.6 is 0 Å². The van der Waals surface area contributed by atoms with Crippen molar-refractivity contribution in [1.82, 2.24) is 4.90 Å². The zero-order chi connectivity index (χ0) is 12.1. The lowest BCUT2D eigenvalue weighted by Gasteiger charge is -2.26. The first kappa shape index (κ1) is 11.9. The molecule has 0 aliphatic carbocycles. The molecular formula is C14H18N2O. The number of nitrogens with zero attached hydrogens (tertiary/aromatic N) is 1. The Morgan fingerprint density at radius 3 is 2.59 bits per heavy atom. The number of likely N-dealkylation sites (N-methyl/N-ethyl adjacent to an activating group) is 1. The smallest absolute Gasteiger partial charge is 0.0947 e. The zero-order valence-corrected chi connectivity index (χ0v) is 10.0. The van der Waals surface area contributed by atoms with Crippen molar-refractivity contribution in [3.05, 3.63) is 60.1 Å². The second-order valence-corrected chi connectivity index (χ2v) is 4.21. The molecule has 1 aromatic carbocycles. The van der Waals surface area contributed by atoms with E-state index in [9.17, 15) is 0 Å². The summed E-state index contributed by atoms with van der Waals surface area (Å²) in [4.78, 5) is 2.24. The largest absolute Gasteiger partial charge is 0.472 e. The average molecular weight is 230 g/mol. The van der Waals surface area contributed by atoms with Crippen LogP contribution < -0.4 is 5.73 Å². The van der Waals surface area contributed by atoms with Gasteiger partial charge in [0.1, 0.15) is 0 Å². The lowest BCUT2D eigenvalue weighted by Crippen LogP contribution is -2.30. The molecule has 1 aromatic heterocycles. The van der Waals surface area contributed by atoms with Crippen molar-refractivity contribution in [1.29, 1.82) is 0 Å². The summed E-state index contributed by atoms with van der Waals surface area (Å²) in [7, 11) is 2.08. The second kappa shape index (κ2) is 5.66. The van der Waals surface area contributed by atoms with Gasteiger partial charge >= 0.3 is 0 Å². The lowest BCUT2D eigenvalue weighted by atomic mass is 10.1. The van der Waals surface area contributed by atoms with E-state index >= 15 is 0 Å². The summed E-state index contributed by atoms with van der Waals surface area (Å²) in [6.07, 6.45) is 3.47. The quantitative estimate of drug-likeness (QED) is 0.857. The van der Waals surface area contributed by atoms with Gasteiger partial charge in [-0.15, -0.1) is 0 Å². The molecule has 0 amide bonds. The molecule has 1 unspecified atom stereocenters. The van der Waals surface area contributed by atoms with Crippen LogP contribution in [0.3, 0.4) is 0 Å². The summed E-state index contributed by atoms with van der Waals surface area (Å²) in [5, 5.41) is 0. The van der Waals surface area contributed by atoms with E-state index in [-0.39, 0.29) is 6.04 Å². The SMILES string of the molecule is CN(Cc1ccoc1)C(CN)c1ccccc1. The maximum atomic E-state index is 5.87. The highest BCUT2D eigenvalue weighted by molar-refractivity contribution is 5.19. The van der Waals surface area contributed by atoms with Crippen LogP contribution in [-0.4, -0.2) is 18.5 Å². The Morgan fingerprint density at radius 1 is 1.24 bits per heavy atom. The Morgan fingerprint density at radius 2 is 2.00 bits per heavy atom. The molecule has 2 rings (SSSR count). The van der Waals surface area contributed by atoms with E-state index in [1.807, 2.05) is 24.3 Å². The van der Waals surface area contributed by atoms with Gasteiger partial charge in [-0.2, -0.15) is 0 Å². The Hall–Kier alpha value is -1.58. The van der Waals surface area contributed by atoms with E-state index in [0.717, 1.165) is 6.54 Å². The summed E-state index contributed by atoms with van der Waals surface area (Å²) in [6, 6.07) is 12.6. The van der Waals surface area contributed by atoms with Crippen molar-refractivity contribution in [3.8, 4) is 0 Å². The summed E-state index contributed by atoms with van der Waals surface area (Å²) >= 11 is 0. The van der Waals surface area contributed by atoms with Crippen LogP contribution in [0.1, 0.15) is 17.2 Å². The molecular weight excluding hydrogens is 212 g/mol. The topological polar surface area (TPSA) is 42.4 Å². The van der Waals surface area contributed by atoms with Crippen molar-refractivity contribution >= 4 is 0 Å². The third kappa shape index (κ3) is 2.96. The molecule has 0 aliphatic rings. The van der Waals surface area contributed by atoms with Crippen molar-refractivity contribution < 1.29 is 4.42 Å². The van der Waals surface area contributed by atoms with Gasteiger partial charge in [-0.1, -0.05) is 30.3 Å². The molecule has 90 valence electrons. The highest BCUT2D eigenvalue weighted by Crippen LogP contribution is 2.19. The molecule has 0 aliphatic heterocycles. The number of rotatable bonds is 5. The lowest BCUT2D eigenvalue weighted by molar-refractivity contribution is 0.241. The van der Waals surface area contributed by atoms with Crippen molar-refractivity contribution in [3.63, 3.8) is 0 Å². The average Bonchev–Trinajstić information content (AvgIpc) is 2.84. The van der Waals surface area contributed by atoms with Gasteiger partial charge in [-0.05, 0) is 18.7 Å². The van der Waals surface area contributed by atoms with Crippen LogP contribution in [0.4, 0.5) is 0 Å². The molecule has 0 saturated carbocycles. The van der Waals surface area contributed by atoms with E-state index in [1.54, 1.807) is 12.5 Å². The van der Waals surface area contributed by atoms with Crippen LogP contribution in [0.5, 0.6) is 0 Å². The van der Waals surface area contributed by atoms with Crippen LogP contribution in [0.25, 0.3) is 0 Å². The first-order chi connectivity index (χ1) is 8.31. The van der Waals surface area contributed by atoms with Gasteiger partial charge < -0.3 is 10.2 Å². The fourth-order valence-corrected chi connectivity index (χ4v) is 2.03. The molecule has 0 bridgehead atoms. The summed E-state index contributed by atoms with van der Waals surface area (Å²) < 4.78 is 5.08. The fraction of sp³-hybridized carbons (Fsp3) is 0.286. The molecule has 0 saturated heterocycles. The molecule has 2 N–H and O–H groups in total. The van der Waals surface area contributed by atoms with Crippen molar-refractivity contribution in [2.24, 2.45) is 5.73 Å². The third-order valence-corrected chi connectivity index (χ3v) is 2.95. The van der Waals surface area contributed by atoms with Gasteiger partial charge in [0.05, 0.1) is 12.5 Å². The van der Waals surface area contributed by atoms with Crippen LogP contribution in [0.15, 0.2) is 53.3 Å². The van der Waals surface area contributed by atoms with E-state index < -0.39 is 0 Å². The highest BCUT2D eigenvalue weighted by atomic mass is 16.3. The number of furan rings is 1. The van der Waals surface area contributed by atoms with Gasteiger partial charge in [-0.3, -0.25) is 4.90 Å². The highest BCUT2D eigenvalue weighted by Gasteiger charge is 2.15. The van der Waals surface area contributed by atoms with Crippen LogP contribution in [0.2, 0.25) is 0 Å². The minimum atomic E-state index is 0.242. The predicted molar refractivity (Wildman–Crippen MR) is 68.4 cm³/mol. The van der Waals surface area contributed by atoms with Crippen LogP contribution in [-0.2, 0) is 6.54 Å². The number of benzene rings is 1. The zero-order valence-electron chi connectivity index (χ0n) is 10.0. The Balaban J connectivity index is 2.08. The maximum absolute atomic E-state index is 5.87. The minimum Gasteiger partial charge on any atom is -0.472 e. The van der Waals surface area contributed by atoms with E-state index in [4.69, 9.17) is 10.2 Å². The van der Waals surface area contributed by atoms with Gasteiger partial charge in [0, 0.05) is 24.7 Å². The second-order valence-electron chi connectivity index (χ2n) is 4.21. The standard InChI is InChI=1S/C14H18N2O/c1-16(10-12-7-8-17-11-12)14(9-15)13-5-3-2-4-6-13/h2-8,11,14H,9-10,15H2,1H3. The molecule has 2 aromatic rings. The molecule has 17 heavy (non-hydrogen) atoms. The number of hydrogen-bond acceptors (Lipinski definition) is 3. The van der Waals surface area contributed by atoms with Gasteiger partial charge in [0.2, 0.25) is 0 Å². The van der Waals surface area contributed by atoms with E-state index in [1.165, 1.54) is 11.1 Å².